The maximum absolute atomic E-state index is 14.4. The van der Waals surface area contributed by atoms with E-state index in [0.29, 0.717) is 0 Å². The lowest BCUT2D eigenvalue weighted by atomic mass is 9.95. The number of aromatic amines is 1. The second-order valence-electron chi connectivity index (χ2n) is 4.33. The van der Waals surface area contributed by atoms with Gasteiger partial charge in [-0.15, -0.1) is 0 Å². The Morgan fingerprint density at radius 2 is 1.78 bits per heavy atom. The van der Waals surface area contributed by atoms with E-state index in [0.717, 1.165) is 6.07 Å². The number of hydrogen-bond donors (Lipinski definition) is 4. The molecule has 10 heteroatoms. The number of aromatic nitrogens is 1. The minimum atomic E-state index is -1.73. The Labute approximate surface area is 140 Å². The third-order valence-electron chi connectivity index (χ3n) is 2.98. The molecule has 5 N–H and O–H groups in total. The van der Waals surface area contributed by atoms with Crippen molar-refractivity contribution in [1.82, 2.24) is 4.98 Å². The molecule has 7 nitrogen and oxygen atoms in total. The van der Waals surface area contributed by atoms with E-state index in [4.69, 9.17) is 17.3 Å². The molecule has 0 amide bonds. The molecular formula is C13H7BrClFN2O5. The van der Waals surface area contributed by atoms with Gasteiger partial charge in [0.25, 0.3) is 5.56 Å². The number of halogens is 3. The van der Waals surface area contributed by atoms with Crippen molar-refractivity contribution in [3.63, 3.8) is 0 Å². The topological polar surface area (TPSA) is 133 Å². The molecule has 1 aromatic heterocycles. The lowest BCUT2D eigenvalue weighted by Crippen LogP contribution is -2.24. The normalized spacial score (nSPS) is 10.6. The Morgan fingerprint density at radius 1 is 1.22 bits per heavy atom. The summed E-state index contributed by atoms with van der Waals surface area (Å²) in [4.78, 5) is 36.5. The zero-order valence-electron chi connectivity index (χ0n) is 11.0. The van der Waals surface area contributed by atoms with Gasteiger partial charge in [-0.25, -0.2) is 14.0 Å². The molecule has 0 spiro atoms. The maximum atomic E-state index is 14.4. The minimum absolute atomic E-state index is 0.0159. The number of carboxylic acid groups (broad SMARTS) is 2. The SMILES string of the molecule is Nc1[nH]c(=O)c(C(=O)O)c(-c2ccc(Cl)c(Br)c2F)c1C(=O)O. The molecule has 2 rings (SSSR count). The van der Waals surface area contributed by atoms with E-state index in [1.165, 1.54) is 6.07 Å². The summed E-state index contributed by atoms with van der Waals surface area (Å²) in [5, 5.41) is 18.5. The van der Waals surface area contributed by atoms with Gasteiger partial charge in [0.15, 0.2) is 0 Å². The van der Waals surface area contributed by atoms with Gasteiger partial charge in [0.2, 0.25) is 0 Å². The van der Waals surface area contributed by atoms with Gasteiger partial charge in [0, 0.05) is 11.1 Å². The first-order valence-electron chi connectivity index (χ1n) is 5.83. The van der Waals surface area contributed by atoms with Gasteiger partial charge < -0.3 is 20.9 Å². The van der Waals surface area contributed by atoms with Gasteiger partial charge in [0.05, 0.1) is 9.50 Å². The highest BCUT2D eigenvalue weighted by Crippen LogP contribution is 2.36. The molecule has 0 atom stereocenters. The smallest absolute Gasteiger partial charge is 0.342 e. The second kappa shape index (κ2) is 6.01. The van der Waals surface area contributed by atoms with Crippen LogP contribution in [0.3, 0.4) is 0 Å². The summed E-state index contributed by atoms with van der Waals surface area (Å²) in [6.07, 6.45) is 0. The zero-order valence-corrected chi connectivity index (χ0v) is 13.3. The summed E-state index contributed by atoms with van der Waals surface area (Å²) < 4.78 is 14.2. The monoisotopic (exact) mass is 404 g/mol. The number of nitrogens with two attached hydrogens (primary N) is 1. The number of H-pyrrole nitrogens is 1. The standard InChI is InChI=1S/C13H7BrClFN2O5/c14-8-4(15)2-1-3(9(8)16)5-6(12(20)21)10(17)18-11(19)7(5)13(22)23/h1-2H,(H,20,21)(H,22,23)(H3,17,18,19). The Balaban J connectivity index is 3.07. The van der Waals surface area contributed by atoms with E-state index in [-0.39, 0.29) is 9.50 Å². The largest absolute Gasteiger partial charge is 0.478 e. The Hall–Kier alpha value is -2.39. The predicted octanol–water partition coefficient (Wildman–Crippen LogP) is 2.58. The summed E-state index contributed by atoms with van der Waals surface area (Å²) in [6.45, 7) is 0. The van der Waals surface area contributed by atoms with Crippen molar-refractivity contribution in [2.24, 2.45) is 0 Å². The molecular weight excluding hydrogens is 399 g/mol. The fraction of sp³-hybridized carbons (Fsp3) is 0. The molecule has 0 saturated carbocycles. The molecule has 0 unspecified atom stereocenters. The van der Waals surface area contributed by atoms with Gasteiger partial charge >= 0.3 is 11.9 Å². The van der Waals surface area contributed by atoms with Gasteiger partial charge in [-0.3, -0.25) is 4.79 Å². The van der Waals surface area contributed by atoms with E-state index < -0.39 is 51.4 Å². The number of anilines is 1. The quantitative estimate of drug-likeness (QED) is 0.580. The van der Waals surface area contributed by atoms with Crippen LogP contribution >= 0.6 is 27.5 Å². The first kappa shape index (κ1) is 17.0. The molecule has 0 fully saturated rings. The van der Waals surface area contributed by atoms with E-state index in [1.807, 2.05) is 4.98 Å². The number of carbonyl (C=O) groups is 2. The lowest BCUT2D eigenvalue weighted by Gasteiger charge is -2.13. The zero-order chi connectivity index (χ0) is 17.5. The van der Waals surface area contributed by atoms with Crippen LogP contribution < -0.4 is 11.3 Å². The highest BCUT2D eigenvalue weighted by atomic mass is 79.9. The third-order valence-corrected chi connectivity index (χ3v) is 4.30. The number of carboxylic acids is 2. The van der Waals surface area contributed by atoms with E-state index in [1.54, 1.807) is 0 Å². The number of nitrogen functional groups attached to an aromatic ring is 1. The van der Waals surface area contributed by atoms with E-state index >= 15 is 0 Å². The predicted molar refractivity (Wildman–Crippen MR) is 83.5 cm³/mol. The van der Waals surface area contributed by atoms with Crippen LogP contribution in [0.25, 0.3) is 11.1 Å². The maximum Gasteiger partial charge on any atom is 0.342 e. The Morgan fingerprint density at radius 3 is 2.30 bits per heavy atom. The highest BCUT2D eigenvalue weighted by Gasteiger charge is 2.29. The third kappa shape index (κ3) is 2.80. The van der Waals surface area contributed by atoms with Gasteiger partial charge in [-0.1, -0.05) is 11.6 Å². The van der Waals surface area contributed by atoms with Crippen LogP contribution in [0, 0.1) is 5.82 Å². The Kier molecular flexibility index (Phi) is 4.44. The summed E-state index contributed by atoms with van der Waals surface area (Å²) in [7, 11) is 0. The van der Waals surface area contributed by atoms with Crippen molar-refractivity contribution in [3.8, 4) is 11.1 Å². The molecule has 1 aromatic carbocycles. The van der Waals surface area contributed by atoms with E-state index in [9.17, 15) is 29.0 Å². The van der Waals surface area contributed by atoms with Crippen molar-refractivity contribution in [1.29, 1.82) is 0 Å². The van der Waals surface area contributed by atoms with Crippen LogP contribution in [0.5, 0.6) is 0 Å². The van der Waals surface area contributed by atoms with Crippen LogP contribution in [-0.2, 0) is 0 Å². The lowest BCUT2D eigenvalue weighted by molar-refractivity contribution is 0.0695. The summed E-state index contributed by atoms with van der Waals surface area (Å²) in [5.74, 6) is -4.96. The number of benzene rings is 1. The molecule has 0 bridgehead atoms. The van der Waals surface area contributed by atoms with Crippen molar-refractivity contribution >= 4 is 45.3 Å². The van der Waals surface area contributed by atoms with Crippen molar-refractivity contribution in [2.45, 2.75) is 0 Å². The van der Waals surface area contributed by atoms with Crippen LogP contribution in [0.2, 0.25) is 5.02 Å². The molecule has 0 radical (unpaired) electrons. The molecule has 0 aliphatic rings. The first-order chi connectivity index (χ1) is 10.7. The number of rotatable bonds is 3. The molecule has 23 heavy (non-hydrogen) atoms. The summed E-state index contributed by atoms with van der Waals surface area (Å²) in [6, 6.07) is 2.29. The summed E-state index contributed by atoms with van der Waals surface area (Å²) in [5.41, 5.74) is 1.56. The van der Waals surface area contributed by atoms with Crippen LogP contribution in [0.1, 0.15) is 20.7 Å². The average molecular weight is 406 g/mol. The number of hydrogen-bond acceptors (Lipinski definition) is 4. The molecule has 120 valence electrons. The molecule has 1 heterocycles. The summed E-state index contributed by atoms with van der Waals surface area (Å²) >= 11 is 8.60. The molecule has 0 aliphatic heterocycles. The van der Waals surface area contributed by atoms with Gasteiger partial charge in [-0.05, 0) is 28.1 Å². The highest BCUT2D eigenvalue weighted by molar-refractivity contribution is 9.10. The molecule has 0 saturated heterocycles. The van der Waals surface area contributed by atoms with E-state index in [2.05, 4.69) is 15.9 Å². The number of nitrogens with one attached hydrogen (secondary N) is 1. The molecule has 2 aromatic rings. The van der Waals surface area contributed by atoms with Crippen LogP contribution in [0.4, 0.5) is 10.2 Å². The first-order valence-corrected chi connectivity index (χ1v) is 7.00. The van der Waals surface area contributed by atoms with Crippen molar-refractivity contribution in [2.75, 3.05) is 5.73 Å². The minimum Gasteiger partial charge on any atom is -0.478 e. The molecule has 0 aliphatic carbocycles. The van der Waals surface area contributed by atoms with Crippen molar-refractivity contribution in [3.05, 3.63) is 48.9 Å². The van der Waals surface area contributed by atoms with Crippen molar-refractivity contribution < 1.29 is 24.2 Å². The second-order valence-corrected chi connectivity index (χ2v) is 5.53. The van der Waals surface area contributed by atoms with Gasteiger partial charge in [-0.2, -0.15) is 0 Å². The fourth-order valence-corrected chi connectivity index (χ4v) is 2.53. The number of aromatic carboxylic acids is 2. The van der Waals surface area contributed by atoms with Crippen LogP contribution in [-0.4, -0.2) is 27.1 Å². The Bertz CT molecular complexity index is 912. The fourth-order valence-electron chi connectivity index (χ4n) is 2.04. The van der Waals surface area contributed by atoms with Crippen LogP contribution in [0.15, 0.2) is 21.4 Å². The average Bonchev–Trinajstić information content (AvgIpc) is 2.43. The van der Waals surface area contributed by atoms with Gasteiger partial charge in [0.1, 0.15) is 22.8 Å². The number of pyridine rings is 1.